The second kappa shape index (κ2) is 8.71. The van der Waals surface area contributed by atoms with Gasteiger partial charge in [-0.1, -0.05) is 61.7 Å². The summed E-state index contributed by atoms with van der Waals surface area (Å²) in [5.74, 6) is 1.72. The van der Waals surface area contributed by atoms with Gasteiger partial charge in [0.15, 0.2) is 5.82 Å². The minimum Gasteiger partial charge on any atom is -0.274 e. The lowest BCUT2D eigenvalue weighted by Gasteiger charge is -2.35. The van der Waals surface area contributed by atoms with E-state index in [0.717, 1.165) is 37.2 Å². The molecule has 6 rings (SSSR count). The smallest absolute Gasteiger partial charge is 0.240 e. The van der Waals surface area contributed by atoms with Gasteiger partial charge < -0.3 is 0 Å². The number of hydrogen-bond acceptors (Lipinski definition) is 4. The molecule has 2 atom stereocenters. The number of benzene rings is 2. The number of carbonyl (C=O) groups is 1. The van der Waals surface area contributed by atoms with Crippen molar-refractivity contribution in [1.82, 2.24) is 20.0 Å². The molecule has 5 heteroatoms. The van der Waals surface area contributed by atoms with Crippen LogP contribution in [-0.4, -0.2) is 32.4 Å². The first-order valence-corrected chi connectivity index (χ1v) is 12.3. The number of fused-ring (bicyclic) bond motifs is 3. The highest BCUT2D eigenvalue weighted by Crippen LogP contribution is 2.47. The third kappa shape index (κ3) is 3.84. The van der Waals surface area contributed by atoms with Crippen LogP contribution < -0.4 is 0 Å². The van der Waals surface area contributed by atoms with Crippen molar-refractivity contribution in [3.8, 4) is 11.4 Å². The molecule has 2 aliphatic carbocycles. The Bertz CT molecular complexity index is 1140. The van der Waals surface area contributed by atoms with E-state index in [1.165, 1.54) is 36.0 Å². The predicted molar refractivity (Wildman–Crippen MR) is 128 cm³/mol. The van der Waals surface area contributed by atoms with Crippen LogP contribution in [0.5, 0.6) is 0 Å². The zero-order valence-corrected chi connectivity index (χ0v) is 18.9. The van der Waals surface area contributed by atoms with Crippen LogP contribution in [0, 0.1) is 11.8 Å². The Morgan fingerprint density at radius 1 is 0.939 bits per heavy atom. The second-order valence-corrected chi connectivity index (χ2v) is 9.73. The maximum absolute atomic E-state index is 13.7. The van der Waals surface area contributed by atoms with Gasteiger partial charge in [0.05, 0.1) is 6.04 Å². The highest BCUT2D eigenvalue weighted by atomic mass is 16.2. The maximum atomic E-state index is 13.7. The van der Waals surface area contributed by atoms with Gasteiger partial charge in [-0.05, 0) is 48.1 Å². The van der Waals surface area contributed by atoms with Crippen molar-refractivity contribution in [3.63, 3.8) is 0 Å². The SMILES string of the molecule is O=C(C1CCCCC1)N1C[C@@H]2Cc3ccccc3[C@@H]2N1Cc1cccc(-c2ncccn2)c1. The van der Waals surface area contributed by atoms with Crippen LogP contribution in [0.3, 0.4) is 0 Å². The highest BCUT2D eigenvalue weighted by molar-refractivity contribution is 5.79. The van der Waals surface area contributed by atoms with E-state index in [1.54, 1.807) is 12.4 Å². The first-order valence-electron chi connectivity index (χ1n) is 12.3. The monoisotopic (exact) mass is 438 g/mol. The van der Waals surface area contributed by atoms with Gasteiger partial charge >= 0.3 is 0 Å². The molecule has 0 spiro atoms. The molecule has 1 aliphatic heterocycles. The Hall–Kier alpha value is -3.05. The number of hydrazine groups is 1. The molecule has 2 heterocycles. The third-order valence-electron chi connectivity index (χ3n) is 7.65. The minimum atomic E-state index is 0.180. The summed E-state index contributed by atoms with van der Waals surface area (Å²) in [5.41, 5.74) is 5.03. The largest absolute Gasteiger partial charge is 0.274 e. The Balaban J connectivity index is 1.33. The first kappa shape index (κ1) is 20.5. The van der Waals surface area contributed by atoms with Crippen LogP contribution >= 0.6 is 0 Å². The summed E-state index contributed by atoms with van der Waals surface area (Å²) in [5, 5.41) is 4.49. The van der Waals surface area contributed by atoms with E-state index in [0.29, 0.717) is 18.4 Å². The molecule has 0 radical (unpaired) electrons. The molecule has 2 fully saturated rings. The Kier molecular flexibility index (Phi) is 5.43. The van der Waals surface area contributed by atoms with Crippen LogP contribution in [0.25, 0.3) is 11.4 Å². The molecule has 168 valence electrons. The van der Waals surface area contributed by atoms with E-state index < -0.39 is 0 Å². The lowest BCUT2D eigenvalue weighted by atomic mass is 9.88. The van der Waals surface area contributed by atoms with Crippen molar-refractivity contribution < 1.29 is 4.79 Å². The van der Waals surface area contributed by atoms with Crippen molar-refractivity contribution >= 4 is 5.91 Å². The van der Waals surface area contributed by atoms with Gasteiger partial charge in [-0.15, -0.1) is 0 Å². The summed E-state index contributed by atoms with van der Waals surface area (Å²) in [6.45, 7) is 1.55. The van der Waals surface area contributed by atoms with Crippen LogP contribution in [0.15, 0.2) is 67.0 Å². The molecular formula is C28H30N4O. The van der Waals surface area contributed by atoms with Gasteiger partial charge in [0.2, 0.25) is 5.91 Å². The van der Waals surface area contributed by atoms with Crippen molar-refractivity contribution in [2.75, 3.05) is 6.54 Å². The van der Waals surface area contributed by atoms with E-state index in [-0.39, 0.29) is 12.0 Å². The van der Waals surface area contributed by atoms with Crippen LogP contribution in [-0.2, 0) is 17.8 Å². The van der Waals surface area contributed by atoms with Gasteiger partial charge in [-0.3, -0.25) is 9.80 Å². The molecule has 0 bridgehead atoms. The topological polar surface area (TPSA) is 49.3 Å². The molecule has 1 amide bonds. The Morgan fingerprint density at radius 2 is 1.76 bits per heavy atom. The zero-order valence-electron chi connectivity index (χ0n) is 18.9. The predicted octanol–water partition coefficient (Wildman–Crippen LogP) is 5.20. The molecule has 2 aromatic carbocycles. The second-order valence-electron chi connectivity index (χ2n) is 9.73. The quantitative estimate of drug-likeness (QED) is 0.562. The summed E-state index contributed by atoms with van der Waals surface area (Å²) in [6.07, 6.45) is 10.3. The molecular weight excluding hydrogens is 408 g/mol. The maximum Gasteiger partial charge on any atom is 0.240 e. The number of aromatic nitrogens is 2. The average Bonchev–Trinajstić information content (AvgIpc) is 3.41. The van der Waals surface area contributed by atoms with Crippen molar-refractivity contribution in [3.05, 3.63) is 83.7 Å². The van der Waals surface area contributed by atoms with E-state index in [9.17, 15) is 4.79 Å². The van der Waals surface area contributed by atoms with Gasteiger partial charge in [0, 0.05) is 42.9 Å². The molecule has 3 aromatic rings. The molecule has 3 aliphatic rings. The molecule has 1 saturated heterocycles. The third-order valence-corrected chi connectivity index (χ3v) is 7.65. The molecule has 0 unspecified atom stereocenters. The molecule has 1 aromatic heterocycles. The fraction of sp³-hybridized carbons (Fsp3) is 0.393. The molecule has 0 N–H and O–H groups in total. The van der Waals surface area contributed by atoms with Crippen molar-refractivity contribution in [1.29, 1.82) is 0 Å². The number of nitrogens with zero attached hydrogens (tertiary/aromatic N) is 4. The molecule has 33 heavy (non-hydrogen) atoms. The van der Waals surface area contributed by atoms with Crippen molar-refractivity contribution in [2.45, 2.75) is 51.1 Å². The first-order chi connectivity index (χ1) is 16.3. The number of carbonyl (C=O) groups excluding carboxylic acids is 1. The van der Waals surface area contributed by atoms with E-state index in [1.807, 2.05) is 6.07 Å². The van der Waals surface area contributed by atoms with Gasteiger partial charge in [0.1, 0.15) is 0 Å². The lowest BCUT2D eigenvalue weighted by molar-refractivity contribution is -0.152. The van der Waals surface area contributed by atoms with E-state index >= 15 is 0 Å². The lowest BCUT2D eigenvalue weighted by Crippen LogP contribution is -2.45. The van der Waals surface area contributed by atoms with Crippen molar-refractivity contribution in [2.24, 2.45) is 11.8 Å². The van der Waals surface area contributed by atoms with Crippen LogP contribution in [0.2, 0.25) is 0 Å². The summed E-state index contributed by atoms with van der Waals surface area (Å²) >= 11 is 0. The van der Waals surface area contributed by atoms with E-state index in [4.69, 9.17) is 0 Å². The number of hydrogen-bond donors (Lipinski definition) is 0. The van der Waals surface area contributed by atoms with Gasteiger partial charge in [-0.25, -0.2) is 15.0 Å². The Labute approximate surface area is 195 Å². The summed E-state index contributed by atoms with van der Waals surface area (Å²) in [7, 11) is 0. The standard InChI is InChI=1S/C28H30N4O/c33-28(21-9-2-1-3-10-21)32-19-24-17-22-11-4-5-13-25(22)26(24)31(32)18-20-8-6-12-23(16-20)27-29-14-7-15-30-27/h4-8,11-16,21,24,26H,1-3,9-10,17-19H2/t24-,26+/m0/s1. The molecule has 5 nitrogen and oxygen atoms in total. The summed E-state index contributed by atoms with van der Waals surface area (Å²) in [4.78, 5) is 22.5. The normalized spacial score (nSPS) is 22.8. The number of rotatable bonds is 4. The Morgan fingerprint density at radius 3 is 2.61 bits per heavy atom. The van der Waals surface area contributed by atoms with Gasteiger partial charge in [0.25, 0.3) is 0 Å². The zero-order chi connectivity index (χ0) is 22.2. The average molecular weight is 439 g/mol. The molecule has 1 saturated carbocycles. The summed E-state index contributed by atoms with van der Waals surface area (Å²) < 4.78 is 0. The minimum absolute atomic E-state index is 0.180. The van der Waals surface area contributed by atoms with Gasteiger partial charge in [-0.2, -0.15) is 0 Å². The highest BCUT2D eigenvalue weighted by Gasteiger charge is 2.48. The fourth-order valence-electron chi connectivity index (χ4n) is 6.11. The fourth-order valence-corrected chi connectivity index (χ4v) is 6.11. The number of amides is 1. The van der Waals surface area contributed by atoms with Crippen LogP contribution in [0.4, 0.5) is 0 Å². The van der Waals surface area contributed by atoms with Crippen LogP contribution in [0.1, 0.15) is 54.8 Å². The summed E-state index contributed by atoms with van der Waals surface area (Å²) in [6, 6.07) is 19.4. The van der Waals surface area contributed by atoms with E-state index in [2.05, 4.69) is 68.5 Å².